The van der Waals surface area contributed by atoms with Gasteiger partial charge >= 0.3 is 0 Å². The van der Waals surface area contributed by atoms with Crippen LogP contribution in [0.5, 0.6) is 5.88 Å². The third-order valence-electron chi connectivity index (χ3n) is 3.60. The largest absolute Gasteiger partial charge is 0.492 e. The third kappa shape index (κ3) is 2.79. The molecule has 2 aromatic carbocycles. The number of aromatic hydroxyl groups is 1. The molecular weight excluding hydrogens is 386 g/mol. The number of hydrogen-bond acceptors (Lipinski definition) is 4. The Morgan fingerprint density at radius 3 is 2.38 bits per heavy atom. The monoisotopic (exact) mass is 397 g/mol. The molecule has 0 atom stereocenters. The molecule has 0 saturated heterocycles. The van der Waals surface area contributed by atoms with E-state index in [0.29, 0.717) is 10.1 Å². The van der Waals surface area contributed by atoms with Gasteiger partial charge in [-0.3, -0.25) is 0 Å². The van der Waals surface area contributed by atoms with Crippen molar-refractivity contribution in [3.8, 4) is 17.0 Å². The Labute approximate surface area is 151 Å². The Kier molecular flexibility index (Phi) is 4.00. The quantitative estimate of drug-likeness (QED) is 0.527. The number of fused-ring (bicyclic) bond motifs is 1. The molecule has 0 unspecified atom stereocenters. The van der Waals surface area contributed by atoms with Crippen LogP contribution in [0.25, 0.3) is 16.8 Å². The zero-order chi connectivity index (χ0) is 16.5. The number of halogens is 1. The standard InChI is InChI=1S/C18H12BrN3OS/c19-16-11-20-17-15(10-21-22(17)18(16)23)12-6-8-14(9-7-12)24-13-4-2-1-3-5-13/h1-11,23H. The summed E-state index contributed by atoms with van der Waals surface area (Å²) in [4.78, 5) is 6.73. The topological polar surface area (TPSA) is 50.4 Å². The second-order valence-electron chi connectivity index (χ2n) is 5.16. The van der Waals surface area contributed by atoms with E-state index in [9.17, 15) is 5.11 Å². The van der Waals surface area contributed by atoms with E-state index >= 15 is 0 Å². The molecule has 4 aromatic rings. The molecule has 0 spiro atoms. The molecule has 0 amide bonds. The lowest BCUT2D eigenvalue weighted by Gasteiger charge is -2.04. The Morgan fingerprint density at radius 1 is 0.917 bits per heavy atom. The molecular formula is C18H12BrN3OS. The van der Waals surface area contributed by atoms with Crippen LogP contribution in [-0.2, 0) is 0 Å². The van der Waals surface area contributed by atoms with E-state index in [-0.39, 0.29) is 5.88 Å². The summed E-state index contributed by atoms with van der Waals surface area (Å²) in [6.07, 6.45) is 3.29. The van der Waals surface area contributed by atoms with E-state index in [4.69, 9.17) is 0 Å². The molecule has 4 nitrogen and oxygen atoms in total. The Morgan fingerprint density at radius 2 is 1.62 bits per heavy atom. The van der Waals surface area contributed by atoms with Gasteiger partial charge in [0.2, 0.25) is 5.88 Å². The van der Waals surface area contributed by atoms with Crippen molar-refractivity contribution in [1.82, 2.24) is 14.6 Å². The van der Waals surface area contributed by atoms with Crippen LogP contribution >= 0.6 is 27.7 Å². The van der Waals surface area contributed by atoms with Gasteiger partial charge in [0, 0.05) is 21.6 Å². The minimum atomic E-state index is 0.0440. The Bertz CT molecular complexity index is 1000. The van der Waals surface area contributed by atoms with Crippen LogP contribution in [0.2, 0.25) is 0 Å². The number of benzene rings is 2. The van der Waals surface area contributed by atoms with Crippen LogP contribution < -0.4 is 0 Å². The highest BCUT2D eigenvalue weighted by atomic mass is 79.9. The van der Waals surface area contributed by atoms with Crippen LogP contribution in [0.4, 0.5) is 0 Å². The van der Waals surface area contributed by atoms with Crippen LogP contribution in [0.15, 0.2) is 81.3 Å². The fourth-order valence-electron chi connectivity index (χ4n) is 2.43. The van der Waals surface area contributed by atoms with Gasteiger partial charge in [-0.1, -0.05) is 42.1 Å². The lowest BCUT2D eigenvalue weighted by atomic mass is 10.1. The molecule has 118 valence electrons. The highest BCUT2D eigenvalue weighted by Gasteiger charge is 2.12. The first kappa shape index (κ1) is 15.2. The summed E-state index contributed by atoms with van der Waals surface area (Å²) in [7, 11) is 0. The van der Waals surface area contributed by atoms with Gasteiger partial charge in [-0.2, -0.15) is 9.61 Å². The summed E-state index contributed by atoms with van der Waals surface area (Å²) in [5.41, 5.74) is 2.52. The number of aromatic nitrogens is 3. The first-order valence-corrected chi connectivity index (χ1v) is 8.88. The minimum Gasteiger partial charge on any atom is -0.492 e. The van der Waals surface area contributed by atoms with Gasteiger partial charge < -0.3 is 5.11 Å². The zero-order valence-corrected chi connectivity index (χ0v) is 14.8. The number of hydrogen-bond donors (Lipinski definition) is 1. The van der Waals surface area contributed by atoms with Crippen LogP contribution in [0.1, 0.15) is 0 Å². The highest BCUT2D eigenvalue weighted by Crippen LogP contribution is 2.32. The molecule has 6 heteroatoms. The van der Waals surface area contributed by atoms with Gasteiger partial charge in [0.1, 0.15) is 0 Å². The van der Waals surface area contributed by atoms with Crippen molar-refractivity contribution in [3.05, 3.63) is 71.5 Å². The molecule has 0 aliphatic carbocycles. The van der Waals surface area contributed by atoms with E-state index < -0.39 is 0 Å². The predicted octanol–water partition coefficient (Wildman–Crippen LogP) is 5.02. The fraction of sp³-hybridized carbons (Fsp3) is 0. The first-order chi connectivity index (χ1) is 11.7. The van der Waals surface area contributed by atoms with E-state index in [1.165, 1.54) is 14.3 Å². The van der Waals surface area contributed by atoms with Crippen LogP contribution in [-0.4, -0.2) is 19.7 Å². The van der Waals surface area contributed by atoms with E-state index in [1.807, 2.05) is 30.3 Å². The van der Waals surface area contributed by atoms with Gasteiger partial charge in [0.05, 0.1) is 10.7 Å². The summed E-state index contributed by atoms with van der Waals surface area (Å²) < 4.78 is 1.94. The first-order valence-electron chi connectivity index (χ1n) is 7.27. The van der Waals surface area contributed by atoms with Gasteiger partial charge in [-0.05, 0) is 45.8 Å². The number of rotatable bonds is 3. The smallest absolute Gasteiger partial charge is 0.230 e. The minimum absolute atomic E-state index is 0.0440. The SMILES string of the molecule is Oc1c(Br)cnc2c(-c3ccc(Sc4ccccc4)cc3)cnn12. The molecule has 0 saturated carbocycles. The fourth-order valence-corrected chi connectivity index (χ4v) is 3.54. The predicted molar refractivity (Wildman–Crippen MR) is 98.4 cm³/mol. The molecule has 24 heavy (non-hydrogen) atoms. The molecule has 0 aliphatic rings. The van der Waals surface area contributed by atoms with Crippen molar-refractivity contribution < 1.29 is 5.11 Å². The van der Waals surface area contributed by atoms with Crippen molar-refractivity contribution >= 4 is 33.3 Å². The number of nitrogens with zero attached hydrogens (tertiary/aromatic N) is 3. The summed E-state index contributed by atoms with van der Waals surface area (Å²) in [5, 5.41) is 14.3. The normalized spacial score (nSPS) is 11.0. The summed E-state index contributed by atoms with van der Waals surface area (Å²) in [5.74, 6) is 0.0440. The second kappa shape index (κ2) is 6.30. The lowest BCUT2D eigenvalue weighted by Crippen LogP contribution is -1.91. The highest BCUT2D eigenvalue weighted by molar-refractivity contribution is 9.10. The van der Waals surface area contributed by atoms with Crippen LogP contribution in [0, 0.1) is 0 Å². The van der Waals surface area contributed by atoms with Crippen molar-refractivity contribution in [2.75, 3.05) is 0 Å². The molecule has 0 radical (unpaired) electrons. The van der Waals surface area contributed by atoms with Gasteiger partial charge in [0.25, 0.3) is 0 Å². The molecule has 0 fully saturated rings. The van der Waals surface area contributed by atoms with Gasteiger partial charge in [0.15, 0.2) is 5.65 Å². The molecule has 2 aromatic heterocycles. The maximum Gasteiger partial charge on any atom is 0.230 e. The van der Waals surface area contributed by atoms with Crippen LogP contribution in [0.3, 0.4) is 0 Å². The molecule has 0 aliphatic heterocycles. The van der Waals surface area contributed by atoms with Crippen molar-refractivity contribution in [1.29, 1.82) is 0 Å². The van der Waals surface area contributed by atoms with Gasteiger partial charge in [-0.15, -0.1) is 0 Å². The third-order valence-corrected chi connectivity index (χ3v) is 5.18. The van der Waals surface area contributed by atoms with Crippen molar-refractivity contribution in [2.45, 2.75) is 9.79 Å². The second-order valence-corrected chi connectivity index (χ2v) is 7.16. The molecule has 1 N–H and O–H groups in total. The van der Waals surface area contributed by atoms with E-state index in [2.05, 4.69) is 50.3 Å². The Hall–Kier alpha value is -2.31. The van der Waals surface area contributed by atoms with Gasteiger partial charge in [-0.25, -0.2) is 4.98 Å². The zero-order valence-electron chi connectivity index (χ0n) is 12.4. The Balaban J connectivity index is 1.67. The van der Waals surface area contributed by atoms with E-state index in [1.54, 1.807) is 24.2 Å². The average Bonchev–Trinajstić information content (AvgIpc) is 3.04. The summed E-state index contributed by atoms with van der Waals surface area (Å²) in [6, 6.07) is 18.5. The lowest BCUT2D eigenvalue weighted by molar-refractivity contribution is 0.431. The van der Waals surface area contributed by atoms with Crippen molar-refractivity contribution in [3.63, 3.8) is 0 Å². The summed E-state index contributed by atoms with van der Waals surface area (Å²) >= 11 is 4.97. The summed E-state index contributed by atoms with van der Waals surface area (Å²) in [6.45, 7) is 0. The maximum absolute atomic E-state index is 10.0. The van der Waals surface area contributed by atoms with Crippen molar-refractivity contribution in [2.24, 2.45) is 0 Å². The molecule has 0 bridgehead atoms. The molecule has 2 heterocycles. The maximum atomic E-state index is 10.0. The van der Waals surface area contributed by atoms with E-state index in [0.717, 1.165) is 11.1 Å². The average molecular weight is 398 g/mol. The molecule has 4 rings (SSSR count).